The fraction of sp³-hybridized carbons (Fsp3) is 0.579. The van der Waals surface area contributed by atoms with Crippen molar-refractivity contribution < 1.29 is 23.2 Å². The van der Waals surface area contributed by atoms with E-state index in [-0.39, 0.29) is 17.5 Å². The van der Waals surface area contributed by atoms with Gasteiger partial charge in [-0.05, 0) is 31.5 Å². The third kappa shape index (κ3) is 3.84. The van der Waals surface area contributed by atoms with Gasteiger partial charge in [-0.1, -0.05) is 6.92 Å². The van der Waals surface area contributed by atoms with Gasteiger partial charge in [0.05, 0.1) is 38.0 Å². The summed E-state index contributed by atoms with van der Waals surface area (Å²) in [5, 5.41) is 2.89. The number of amides is 1. The van der Waals surface area contributed by atoms with Crippen LogP contribution < -0.4 is 5.32 Å². The lowest BCUT2D eigenvalue weighted by Crippen LogP contribution is -2.57. The number of likely N-dealkylation sites (tertiary alicyclic amines) is 1. The molecular weight excluding hydrogens is 323 g/mol. The minimum atomic E-state index is -0.661. The number of carbonyl (C=O) groups is 2. The zero-order valence-corrected chi connectivity index (χ0v) is 15.5. The van der Waals surface area contributed by atoms with E-state index in [1.54, 1.807) is 6.92 Å². The van der Waals surface area contributed by atoms with Crippen LogP contribution in [0, 0.1) is 12.7 Å². The van der Waals surface area contributed by atoms with Gasteiger partial charge < -0.3 is 14.5 Å². The molecule has 1 heterocycles. The second kappa shape index (κ2) is 7.95. The monoisotopic (exact) mass is 351 g/mol. The molecule has 1 saturated heterocycles. The van der Waals surface area contributed by atoms with Gasteiger partial charge in [0.1, 0.15) is 5.82 Å². The van der Waals surface area contributed by atoms with Gasteiger partial charge in [0, 0.05) is 19.3 Å². The Kier molecular flexibility index (Phi) is 6.16. The summed E-state index contributed by atoms with van der Waals surface area (Å²) >= 11 is 0. The van der Waals surface area contributed by atoms with Crippen molar-refractivity contribution in [1.29, 1.82) is 0 Å². The van der Waals surface area contributed by atoms with Crippen molar-refractivity contribution in [3.05, 3.63) is 29.1 Å². The molecule has 1 amide bonds. The Morgan fingerprint density at radius 2 is 1.92 bits per heavy atom. The molecule has 1 aliphatic rings. The third-order valence-electron chi connectivity index (χ3n) is 5.39. The van der Waals surface area contributed by atoms with Gasteiger partial charge in [0.15, 0.2) is 6.04 Å². The Morgan fingerprint density at radius 3 is 2.44 bits per heavy atom. The summed E-state index contributed by atoms with van der Waals surface area (Å²) in [6.45, 7) is 8.69. The smallest absolute Gasteiger partial charge is 0.340 e. The number of hydrogen-bond donors (Lipinski definition) is 1. The van der Waals surface area contributed by atoms with Crippen LogP contribution in [0.4, 0.5) is 10.1 Å². The van der Waals surface area contributed by atoms with Crippen molar-refractivity contribution in [2.45, 2.75) is 46.1 Å². The van der Waals surface area contributed by atoms with E-state index in [2.05, 4.69) is 12.2 Å². The molecule has 1 aromatic carbocycles. The van der Waals surface area contributed by atoms with Crippen LogP contribution in [-0.2, 0) is 9.53 Å². The van der Waals surface area contributed by atoms with Crippen molar-refractivity contribution in [3.63, 3.8) is 0 Å². The highest BCUT2D eigenvalue weighted by Gasteiger charge is 2.42. The lowest BCUT2D eigenvalue weighted by molar-refractivity contribution is -0.930. The highest BCUT2D eigenvalue weighted by Crippen LogP contribution is 2.28. The normalized spacial score (nSPS) is 17.2. The van der Waals surface area contributed by atoms with E-state index in [1.807, 2.05) is 6.92 Å². The first-order chi connectivity index (χ1) is 11.9. The van der Waals surface area contributed by atoms with Crippen molar-refractivity contribution in [3.8, 4) is 0 Å². The largest absolute Gasteiger partial charge is 0.465 e. The van der Waals surface area contributed by atoms with Crippen LogP contribution in [0.1, 0.15) is 49.0 Å². The summed E-state index contributed by atoms with van der Waals surface area (Å²) < 4.78 is 19.2. The molecule has 1 aromatic rings. The van der Waals surface area contributed by atoms with Gasteiger partial charge in [0.25, 0.3) is 5.91 Å². The Morgan fingerprint density at radius 1 is 1.28 bits per heavy atom. The molecule has 5 nitrogen and oxygen atoms in total. The second-order valence-electron chi connectivity index (χ2n) is 6.74. The number of anilines is 1. The molecule has 0 radical (unpaired) electrons. The Balaban J connectivity index is 2.34. The van der Waals surface area contributed by atoms with Gasteiger partial charge >= 0.3 is 5.97 Å². The predicted molar refractivity (Wildman–Crippen MR) is 95.0 cm³/mol. The molecule has 1 N–H and O–H groups in total. The number of methoxy groups -OCH3 is 1. The Bertz CT molecular complexity index is 654. The molecule has 0 spiro atoms. The first-order valence-electron chi connectivity index (χ1n) is 8.93. The van der Waals surface area contributed by atoms with E-state index in [0.29, 0.717) is 17.7 Å². The summed E-state index contributed by atoms with van der Waals surface area (Å²) in [6.07, 6.45) is 2.97. The number of hydrogen-bond acceptors (Lipinski definition) is 3. The molecule has 1 aliphatic heterocycles. The molecule has 1 atom stereocenters. The number of halogens is 1. The van der Waals surface area contributed by atoms with Gasteiger partial charge in [-0.3, -0.25) is 4.79 Å². The van der Waals surface area contributed by atoms with E-state index >= 15 is 0 Å². The van der Waals surface area contributed by atoms with E-state index in [4.69, 9.17) is 4.74 Å². The van der Waals surface area contributed by atoms with Gasteiger partial charge in [-0.2, -0.15) is 0 Å². The molecule has 0 aromatic heterocycles. The van der Waals surface area contributed by atoms with Crippen LogP contribution in [0.15, 0.2) is 12.1 Å². The summed E-state index contributed by atoms with van der Waals surface area (Å²) in [7, 11) is 1.24. The summed E-state index contributed by atoms with van der Waals surface area (Å²) in [5.74, 6) is -1.31. The number of rotatable bonds is 6. The van der Waals surface area contributed by atoms with E-state index < -0.39 is 11.8 Å². The predicted octanol–water partition coefficient (Wildman–Crippen LogP) is 3.27. The van der Waals surface area contributed by atoms with Crippen molar-refractivity contribution in [2.24, 2.45) is 0 Å². The zero-order valence-electron chi connectivity index (χ0n) is 15.5. The van der Waals surface area contributed by atoms with Crippen LogP contribution in [0.3, 0.4) is 0 Å². The molecule has 0 aliphatic carbocycles. The van der Waals surface area contributed by atoms with Gasteiger partial charge in [0.2, 0.25) is 0 Å². The maximum absolute atomic E-state index is 13.7. The minimum absolute atomic E-state index is 0.0488. The molecular formula is C19H28FN2O3+. The number of ether oxygens (including phenoxy) is 1. The van der Waals surface area contributed by atoms with Crippen LogP contribution in [0.5, 0.6) is 0 Å². The van der Waals surface area contributed by atoms with E-state index in [1.165, 1.54) is 13.2 Å². The van der Waals surface area contributed by atoms with Gasteiger partial charge in [-0.15, -0.1) is 0 Å². The number of quaternary nitrogens is 1. The van der Waals surface area contributed by atoms with Crippen LogP contribution >= 0.6 is 0 Å². The zero-order chi connectivity index (χ0) is 18.6. The molecule has 25 heavy (non-hydrogen) atoms. The fourth-order valence-corrected chi connectivity index (χ4v) is 4.02. The average molecular weight is 351 g/mol. The number of esters is 1. The summed E-state index contributed by atoms with van der Waals surface area (Å²) in [6, 6.07) is 2.24. The molecule has 6 heteroatoms. The Hall–Kier alpha value is -1.95. The molecule has 1 unspecified atom stereocenters. The molecule has 0 saturated carbocycles. The quantitative estimate of drug-likeness (QED) is 0.632. The van der Waals surface area contributed by atoms with Gasteiger partial charge in [-0.25, -0.2) is 9.18 Å². The van der Waals surface area contributed by atoms with Crippen molar-refractivity contribution in [2.75, 3.05) is 32.1 Å². The van der Waals surface area contributed by atoms with Crippen LogP contribution in [-0.4, -0.2) is 49.1 Å². The first kappa shape index (κ1) is 19.4. The number of nitrogens with one attached hydrogen (secondary N) is 1. The highest BCUT2D eigenvalue weighted by atomic mass is 19.1. The Labute approximate surface area is 148 Å². The molecule has 0 bridgehead atoms. The number of benzene rings is 1. The lowest BCUT2D eigenvalue weighted by Gasteiger charge is -2.39. The topological polar surface area (TPSA) is 55.4 Å². The number of aryl methyl sites for hydroxylation is 1. The third-order valence-corrected chi connectivity index (χ3v) is 5.39. The molecule has 2 rings (SSSR count). The second-order valence-corrected chi connectivity index (χ2v) is 6.74. The molecule has 1 fully saturated rings. The first-order valence-corrected chi connectivity index (χ1v) is 8.93. The van der Waals surface area contributed by atoms with Crippen LogP contribution in [0.25, 0.3) is 0 Å². The standard InChI is InChI=1S/C19H27FN2O3/c1-5-16(22(6-2)9-7-8-10-22)18(23)21-17-13(3)11-14(20)12-15(17)19(24)25-4/h11-12,16H,5-10H2,1-4H3/p+1. The van der Waals surface area contributed by atoms with E-state index in [9.17, 15) is 14.0 Å². The maximum Gasteiger partial charge on any atom is 0.340 e. The minimum Gasteiger partial charge on any atom is -0.465 e. The summed E-state index contributed by atoms with van der Waals surface area (Å²) in [4.78, 5) is 25.0. The number of nitrogens with zero attached hydrogens (tertiary/aromatic N) is 1. The lowest BCUT2D eigenvalue weighted by atomic mass is 10.1. The van der Waals surface area contributed by atoms with Crippen molar-refractivity contribution >= 4 is 17.6 Å². The fourth-order valence-electron chi connectivity index (χ4n) is 4.02. The summed E-state index contributed by atoms with van der Waals surface area (Å²) in [5.41, 5.74) is 0.894. The maximum atomic E-state index is 13.7. The SMILES string of the molecule is CCC(C(=O)Nc1c(C)cc(F)cc1C(=O)OC)[N+]1(CC)CCCC1. The number of carbonyl (C=O) groups excluding carboxylic acids is 2. The molecule has 138 valence electrons. The average Bonchev–Trinajstić information content (AvgIpc) is 3.06. The highest BCUT2D eigenvalue weighted by molar-refractivity contribution is 6.03. The number of likely N-dealkylation sites (N-methyl/N-ethyl adjacent to an activating group) is 1. The van der Waals surface area contributed by atoms with Crippen molar-refractivity contribution in [1.82, 2.24) is 0 Å². The van der Waals surface area contributed by atoms with E-state index in [0.717, 1.165) is 43.0 Å². The van der Waals surface area contributed by atoms with Crippen LogP contribution in [0.2, 0.25) is 0 Å².